The fourth-order valence-electron chi connectivity index (χ4n) is 6.49. The fraction of sp³-hybridized carbons (Fsp3) is 0.0513. The molecule has 0 saturated heterocycles. The van der Waals surface area contributed by atoms with Gasteiger partial charge in [0.1, 0.15) is 5.82 Å². The second-order valence-electron chi connectivity index (χ2n) is 11.0. The van der Waals surface area contributed by atoms with Crippen LogP contribution in [0.4, 0.5) is 0 Å². The number of fused-ring (bicyclic) bond motifs is 2. The highest BCUT2D eigenvalue weighted by Gasteiger charge is 2.39. The summed E-state index contributed by atoms with van der Waals surface area (Å²) in [6.07, 6.45) is 0.782. The minimum absolute atomic E-state index is 0.782. The Morgan fingerprint density at radius 3 is 1.74 bits per heavy atom. The number of hydrogen-bond donors (Lipinski definition) is 0. The standard InChI is InChI=1S/C39H29N2OP/c1-2-38-40-34-19-12-20-36-39(34)41(38)35-22-21-29(26-37(35)43(36,42)33-17-10-5-11-18-33)32-24-30(27-13-6-3-7-14-27)23-31(25-32)28-15-8-4-9-16-28/h3-26H,2H2,1H3. The predicted octanol–water partition coefficient (Wildman–Crippen LogP) is 8.54. The molecule has 0 amide bonds. The molecule has 4 heteroatoms. The highest BCUT2D eigenvalue weighted by Crippen LogP contribution is 2.50. The van der Waals surface area contributed by atoms with Crippen molar-refractivity contribution in [3.63, 3.8) is 0 Å². The van der Waals surface area contributed by atoms with E-state index in [9.17, 15) is 0 Å². The normalized spacial score (nSPS) is 15.4. The fourth-order valence-corrected chi connectivity index (χ4v) is 9.52. The van der Waals surface area contributed by atoms with Crippen LogP contribution in [0.15, 0.2) is 146 Å². The quantitative estimate of drug-likeness (QED) is 0.194. The number of benzene rings is 6. The third-order valence-corrected chi connectivity index (χ3v) is 11.6. The van der Waals surface area contributed by atoms with Gasteiger partial charge >= 0.3 is 0 Å². The molecular formula is C39H29N2OP. The van der Waals surface area contributed by atoms with E-state index in [2.05, 4.69) is 96.4 Å². The van der Waals surface area contributed by atoms with E-state index in [-0.39, 0.29) is 0 Å². The Morgan fingerprint density at radius 1 is 0.558 bits per heavy atom. The van der Waals surface area contributed by atoms with Crippen molar-refractivity contribution in [3.05, 3.63) is 151 Å². The van der Waals surface area contributed by atoms with Gasteiger partial charge in [-0.2, -0.15) is 0 Å². The molecule has 1 aromatic heterocycles. The summed E-state index contributed by atoms with van der Waals surface area (Å²) in [4.78, 5) is 4.97. The van der Waals surface area contributed by atoms with Crippen molar-refractivity contribution in [3.8, 4) is 39.1 Å². The van der Waals surface area contributed by atoms with E-state index in [0.717, 1.165) is 78.3 Å². The van der Waals surface area contributed by atoms with Gasteiger partial charge in [0.15, 0.2) is 7.14 Å². The minimum atomic E-state index is -3.21. The minimum Gasteiger partial charge on any atom is -0.308 e. The molecule has 0 aliphatic carbocycles. The number of aryl methyl sites for hydroxylation is 1. The van der Waals surface area contributed by atoms with E-state index in [1.807, 2.05) is 60.7 Å². The van der Waals surface area contributed by atoms with Crippen LogP contribution >= 0.6 is 7.14 Å². The van der Waals surface area contributed by atoms with Gasteiger partial charge in [0.05, 0.1) is 16.7 Å². The van der Waals surface area contributed by atoms with E-state index >= 15 is 4.57 Å². The zero-order chi connectivity index (χ0) is 29.0. The van der Waals surface area contributed by atoms with Crippen LogP contribution in [-0.4, -0.2) is 9.55 Å². The molecule has 43 heavy (non-hydrogen) atoms. The molecule has 8 rings (SSSR count). The average molecular weight is 573 g/mol. The number of hydrogen-bond acceptors (Lipinski definition) is 2. The summed E-state index contributed by atoms with van der Waals surface area (Å²) < 4.78 is 17.9. The third kappa shape index (κ3) is 4.04. The van der Waals surface area contributed by atoms with Gasteiger partial charge in [-0.3, -0.25) is 4.57 Å². The van der Waals surface area contributed by atoms with E-state index < -0.39 is 7.14 Å². The summed E-state index contributed by atoms with van der Waals surface area (Å²) >= 11 is 0. The van der Waals surface area contributed by atoms with Crippen molar-refractivity contribution in [2.24, 2.45) is 0 Å². The first kappa shape index (κ1) is 25.7. The molecule has 1 aliphatic rings. The van der Waals surface area contributed by atoms with Crippen LogP contribution in [-0.2, 0) is 11.0 Å². The highest BCUT2D eigenvalue weighted by atomic mass is 31.2. The van der Waals surface area contributed by atoms with Gasteiger partial charge in [0.25, 0.3) is 0 Å². The topological polar surface area (TPSA) is 34.9 Å². The first-order valence-electron chi connectivity index (χ1n) is 14.7. The summed E-state index contributed by atoms with van der Waals surface area (Å²) in [6.45, 7) is 2.13. The van der Waals surface area contributed by atoms with Crippen LogP contribution in [0.5, 0.6) is 0 Å². The van der Waals surface area contributed by atoms with Crippen molar-refractivity contribution in [1.82, 2.24) is 9.55 Å². The van der Waals surface area contributed by atoms with Crippen molar-refractivity contribution < 1.29 is 4.57 Å². The molecule has 7 aromatic rings. The van der Waals surface area contributed by atoms with Gasteiger partial charge in [-0.25, -0.2) is 4.98 Å². The summed E-state index contributed by atoms with van der Waals surface area (Å²) in [7, 11) is -3.21. The van der Waals surface area contributed by atoms with Gasteiger partial charge < -0.3 is 4.57 Å². The molecule has 2 heterocycles. The predicted molar refractivity (Wildman–Crippen MR) is 180 cm³/mol. The van der Waals surface area contributed by atoms with Gasteiger partial charge in [0.2, 0.25) is 0 Å². The van der Waals surface area contributed by atoms with Gasteiger partial charge in [-0.15, -0.1) is 0 Å². The van der Waals surface area contributed by atoms with E-state index in [0.29, 0.717) is 0 Å². The van der Waals surface area contributed by atoms with Crippen molar-refractivity contribution in [1.29, 1.82) is 0 Å². The molecule has 0 spiro atoms. The van der Waals surface area contributed by atoms with E-state index in [4.69, 9.17) is 4.98 Å². The summed E-state index contributed by atoms with van der Waals surface area (Å²) in [5.41, 5.74) is 9.57. The lowest BCUT2D eigenvalue weighted by atomic mass is 9.93. The van der Waals surface area contributed by atoms with Gasteiger partial charge in [-0.1, -0.05) is 110 Å². The Hall–Kier alpha value is -4.98. The monoisotopic (exact) mass is 572 g/mol. The molecule has 3 nitrogen and oxygen atoms in total. The number of rotatable bonds is 5. The third-order valence-electron chi connectivity index (χ3n) is 8.54. The lowest BCUT2D eigenvalue weighted by Gasteiger charge is -2.29. The smallest absolute Gasteiger partial charge is 0.175 e. The van der Waals surface area contributed by atoms with Crippen LogP contribution in [0.3, 0.4) is 0 Å². The Balaban J connectivity index is 1.41. The molecule has 0 fully saturated rings. The largest absolute Gasteiger partial charge is 0.308 e. The Kier molecular flexibility index (Phi) is 6.03. The molecule has 6 aromatic carbocycles. The molecule has 1 atom stereocenters. The lowest BCUT2D eigenvalue weighted by Crippen LogP contribution is -2.33. The maximum absolute atomic E-state index is 15.7. The number of nitrogens with zero attached hydrogens (tertiary/aromatic N) is 2. The second kappa shape index (κ2) is 10.1. The average Bonchev–Trinajstić information content (AvgIpc) is 3.47. The zero-order valence-corrected chi connectivity index (χ0v) is 24.7. The summed E-state index contributed by atoms with van der Waals surface area (Å²) in [6, 6.07) is 50.3. The van der Waals surface area contributed by atoms with Crippen molar-refractivity contribution in [2.75, 3.05) is 0 Å². The molecule has 0 saturated carbocycles. The summed E-state index contributed by atoms with van der Waals surface area (Å²) in [5.74, 6) is 0.980. The van der Waals surface area contributed by atoms with Crippen molar-refractivity contribution in [2.45, 2.75) is 13.3 Å². The Labute approximate surface area is 251 Å². The number of para-hydroxylation sites is 1. The number of imidazole rings is 1. The second-order valence-corrected chi connectivity index (χ2v) is 13.7. The zero-order valence-electron chi connectivity index (χ0n) is 23.8. The molecule has 1 unspecified atom stereocenters. The molecule has 0 N–H and O–H groups in total. The SMILES string of the molecule is CCc1nc2cccc3c2n1-c1ccc(-c2cc(-c4ccccc4)cc(-c4ccccc4)c2)cc1P3(=O)c1ccccc1. The first-order chi connectivity index (χ1) is 21.1. The maximum atomic E-state index is 15.7. The van der Waals surface area contributed by atoms with E-state index in [1.165, 1.54) is 0 Å². The van der Waals surface area contributed by atoms with E-state index in [1.54, 1.807) is 0 Å². The number of aromatic nitrogens is 2. The van der Waals surface area contributed by atoms with Crippen LogP contribution in [0, 0.1) is 0 Å². The molecule has 1 aliphatic heterocycles. The molecule has 206 valence electrons. The van der Waals surface area contributed by atoms with Crippen molar-refractivity contribution >= 4 is 34.1 Å². The highest BCUT2D eigenvalue weighted by molar-refractivity contribution is 7.86. The van der Waals surface area contributed by atoms with Gasteiger partial charge in [0, 0.05) is 22.3 Å². The molecule has 0 bridgehead atoms. The van der Waals surface area contributed by atoms with Crippen LogP contribution < -0.4 is 15.9 Å². The first-order valence-corrected chi connectivity index (χ1v) is 16.4. The van der Waals surface area contributed by atoms with Crippen LogP contribution in [0.1, 0.15) is 12.7 Å². The molecular weight excluding hydrogens is 543 g/mol. The summed E-state index contributed by atoms with van der Waals surface area (Å²) in [5, 5.41) is 2.56. The lowest BCUT2D eigenvalue weighted by molar-refractivity contribution is 0.592. The maximum Gasteiger partial charge on any atom is 0.175 e. The Bertz CT molecular complexity index is 2130. The van der Waals surface area contributed by atoms with Crippen LogP contribution in [0.2, 0.25) is 0 Å². The van der Waals surface area contributed by atoms with Crippen LogP contribution in [0.25, 0.3) is 50.1 Å². The molecule has 0 radical (unpaired) electrons. The van der Waals surface area contributed by atoms with Gasteiger partial charge in [-0.05, 0) is 75.8 Å². The Morgan fingerprint density at radius 2 is 1.14 bits per heavy atom.